The van der Waals surface area contributed by atoms with E-state index in [1.165, 1.54) is 11.6 Å². The number of fused-ring (bicyclic) bond motifs is 3. The molecular formula is C30H23N3O5. The van der Waals surface area contributed by atoms with E-state index < -0.39 is 23.2 Å². The Morgan fingerprint density at radius 1 is 1.00 bits per heavy atom. The van der Waals surface area contributed by atoms with Gasteiger partial charge in [0.05, 0.1) is 16.8 Å². The number of nitrogens with zero attached hydrogens (tertiary/aromatic N) is 3. The van der Waals surface area contributed by atoms with E-state index in [1.54, 1.807) is 36.4 Å². The molecule has 8 nitrogen and oxygen atoms in total. The molecule has 0 aliphatic carbocycles. The second-order valence-corrected chi connectivity index (χ2v) is 9.33. The zero-order valence-corrected chi connectivity index (χ0v) is 20.5. The number of rotatable bonds is 4. The molecule has 3 heterocycles. The van der Waals surface area contributed by atoms with Gasteiger partial charge in [0.2, 0.25) is 0 Å². The molecular weight excluding hydrogens is 482 g/mol. The van der Waals surface area contributed by atoms with Crippen LogP contribution in [0.5, 0.6) is 0 Å². The summed E-state index contributed by atoms with van der Waals surface area (Å²) in [5.74, 6) is -1.99. The van der Waals surface area contributed by atoms with Crippen molar-refractivity contribution < 1.29 is 19.1 Å². The predicted molar refractivity (Wildman–Crippen MR) is 146 cm³/mol. The summed E-state index contributed by atoms with van der Waals surface area (Å²) in [6, 6.07) is 22.4. The maximum absolute atomic E-state index is 13.1. The molecule has 0 saturated heterocycles. The molecule has 3 aromatic carbocycles. The average Bonchev–Trinajstić information content (AvgIpc) is 3.26. The van der Waals surface area contributed by atoms with Crippen molar-refractivity contribution in [2.75, 3.05) is 16.5 Å². The number of hydrogen-bond donors (Lipinski definition) is 1. The van der Waals surface area contributed by atoms with Crippen LogP contribution in [-0.4, -0.2) is 29.2 Å². The van der Waals surface area contributed by atoms with Crippen molar-refractivity contribution in [1.82, 2.24) is 0 Å². The van der Waals surface area contributed by atoms with Gasteiger partial charge in [-0.2, -0.15) is 10.1 Å². The maximum atomic E-state index is 13.1. The summed E-state index contributed by atoms with van der Waals surface area (Å²) in [7, 11) is 0. The van der Waals surface area contributed by atoms with Crippen molar-refractivity contribution in [2.45, 2.75) is 19.8 Å². The Labute approximate surface area is 217 Å². The lowest BCUT2D eigenvalue weighted by Crippen LogP contribution is -2.25. The van der Waals surface area contributed by atoms with Crippen molar-refractivity contribution in [3.05, 3.63) is 105 Å². The summed E-state index contributed by atoms with van der Waals surface area (Å²) in [6.45, 7) is 2.90. The molecule has 4 aromatic rings. The molecule has 0 spiro atoms. The molecule has 38 heavy (non-hydrogen) atoms. The zero-order valence-electron chi connectivity index (χ0n) is 20.5. The summed E-state index contributed by atoms with van der Waals surface area (Å²) in [5, 5.41) is 15.4. The van der Waals surface area contributed by atoms with E-state index in [9.17, 15) is 19.5 Å². The minimum absolute atomic E-state index is 0.0795. The zero-order chi connectivity index (χ0) is 26.4. The molecule has 0 atom stereocenters. The Hall–Kier alpha value is -4.98. The van der Waals surface area contributed by atoms with Gasteiger partial charge in [0, 0.05) is 28.9 Å². The molecule has 0 unspecified atom stereocenters. The molecule has 0 radical (unpaired) electrons. The fourth-order valence-electron chi connectivity index (χ4n) is 4.97. The Morgan fingerprint density at radius 3 is 2.50 bits per heavy atom. The van der Waals surface area contributed by atoms with Crippen LogP contribution in [0.15, 0.2) is 92.7 Å². The van der Waals surface area contributed by atoms with E-state index in [4.69, 9.17) is 4.42 Å². The first kappa shape index (κ1) is 23.4. The first-order valence-corrected chi connectivity index (χ1v) is 12.3. The van der Waals surface area contributed by atoms with Crippen LogP contribution < -0.4 is 15.5 Å². The number of hydrazone groups is 1. The summed E-state index contributed by atoms with van der Waals surface area (Å²) in [4.78, 5) is 40.3. The number of aryl methyl sites for hydroxylation is 2. The topological polar surface area (TPSA) is 103 Å². The predicted octanol–water partition coefficient (Wildman–Crippen LogP) is 5.06. The quantitative estimate of drug-likeness (QED) is 0.307. The number of carbonyl (C=O) groups is 2. The Balaban J connectivity index is 1.42. The molecule has 0 fully saturated rings. The molecule has 0 bridgehead atoms. The second-order valence-electron chi connectivity index (χ2n) is 9.33. The smallest absolute Gasteiger partial charge is 0.357 e. The Morgan fingerprint density at radius 2 is 1.76 bits per heavy atom. The van der Waals surface area contributed by atoms with Gasteiger partial charge in [-0.25, -0.2) is 9.59 Å². The summed E-state index contributed by atoms with van der Waals surface area (Å²) >= 11 is 0. The highest BCUT2D eigenvalue weighted by Gasteiger charge is 2.35. The molecule has 1 N–H and O–H groups in total. The molecule has 6 rings (SSSR count). The maximum Gasteiger partial charge on any atom is 0.357 e. The lowest BCUT2D eigenvalue weighted by atomic mass is 9.97. The third-order valence-electron chi connectivity index (χ3n) is 6.83. The molecule has 0 saturated carbocycles. The van der Waals surface area contributed by atoms with Gasteiger partial charge in [-0.1, -0.05) is 35.9 Å². The van der Waals surface area contributed by atoms with Gasteiger partial charge in [0.15, 0.2) is 5.71 Å². The standard InChI is InChI=1S/C30H23N3O5/c1-18-9-12-21(13-10-18)32-15-5-8-23-25(32)14-11-19-16-20(30(37)38-27(19)23)17-24-26(29(35)36)31-33(28(24)34)22-6-3-2-4-7-22/h2-4,6-7,9-14,16-17H,5,8,15H2,1H3,(H,35,36)/b24-17-. The van der Waals surface area contributed by atoms with Gasteiger partial charge in [0.1, 0.15) is 5.58 Å². The van der Waals surface area contributed by atoms with Crippen LogP contribution in [0.2, 0.25) is 0 Å². The first-order valence-electron chi connectivity index (χ1n) is 12.3. The van der Waals surface area contributed by atoms with Gasteiger partial charge < -0.3 is 14.4 Å². The van der Waals surface area contributed by atoms with Gasteiger partial charge >= 0.3 is 11.6 Å². The van der Waals surface area contributed by atoms with E-state index in [0.717, 1.165) is 41.3 Å². The lowest BCUT2D eigenvalue weighted by molar-refractivity contribution is -0.129. The van der Waals surface area contributed by atoms with Crippen molar-refractivity contribution in [2.24, 2.45) is 5.10 Å². The molecule has 2 aliphatic rings. The Bertz CT molecular complexity index is 1720. The average molecular weight is 506 g/mol. The molecule has 1 amide bonds. The highest BCUT2D eigenvalue weighted by Crippen LogP contribution is 2.37. The molecule has 1 aromatic heterocycles. The van der Waals surface area contributed by atoms with E-state index in [2.05, 4.69) is 34.3 Å². The first-order chi connectivity index (χ1) is 18.4. The number of carboxylic acid groups (broad SMARTS) is 1. The van der Waals surface area contributed by atoms with Crippen LogP contribution >= 0.6 is 0 Å². The SMILES string of the molecule is Cc1ccc(N2CCCc3c2ccc2cc(/C=C4\C(=O)N(c5ccccc5)N=C4C(=O)O)c(=O)oc32)cc1. The largest absolute Gasteiger partial charge is 0.476 e. The van der Waals surface area contributed by atoms with Crippen LogP contribution in [0.3, 0.4) is 0 Å². The van der Waals surface area contributed by atoms with Crippen LogP contribution in [0, 0.1) is 6.92 Å². The summed E-state index contributed by atoms with van der Waals surface area (Å²) < 4.78 is 5.81. The van der Waals surface area contributed by atoms with Crippen molar-refractivity contribution in [1.29, 1.82) is 0 Å². The van der Waals surface area contributed by atoms with Crippen LogP contribution in [0.1, 0.15) is 23.1 Å². The number of amides is 1. The van der Waals surface area contributed by atoms with Crippen molar-refractivity contribution in [3.8, 4) is 0 Å². The fraction of sp³-hybridized carbons (Fsp3) is 0.133. The lowest BCUT2D eigenvalue weighted by Gasteiger charge is -2.31. The number of carboxylic acids is 1. The molecule has 2 aliphatic heterocycles. The molecule has 8 heteroatoms. The third kappa shape index (κ3) is 3.96. The summed E-state index contributed by atoms with van der Waals surface area (Å²) in [5.41, 5.74) is 3.93. The van der Waals surface area contributed by atoms with Gasteiger partial charge in [-0.3, -0.25) is 4.79 Å². The Kier molecular flexibility index (Phi) is 5.64. The van der Waals surface area contributed by atoms with Crippen LogP contribution in [-0.2, 0) is 16.0 Å². The highest BCUT2D eigenvalue weighted by atomic mass is 16.4. The number of benzene rings is 3. The number of para-hydroxylation sites is 1. The minimum atomic E-state index is -1.36. The van der Waals surface area contributed by atoms with Gasteiger partial charge in [-0.05, 0) is 68.3 Å². The van der Waals surface area contributed by atoms with Crippen molar-refractivity contribution in [3.63, 3.8) is 0 Å². The van der Waals surface area contributed by atoms with Crippen LogP contribution in [0.4, 0.5) is 17.1 Å². The van der Waals surface area contributed by atoms with Gasteiger partial charge in [-0.15, -0.1) is 0 Å². The number of aliphatic carboxylic acids is 1. The monoisotopic (exact) mass is 505 g/mol. The number of carbonyl (C=O) groups excluding carboxylic acids is 1. The minimum Gasteiger partial charge on any atom is -0.476 e. The van der Waals surface area contributed by atoms with E-state index in [1.807, 2.05) is 19.1 Å². The van der Waals surface area contributed by atoms with E-state index >= 15 is 0 Å². The second kappa shape index (κ2) is 9.15. The number of hydrogen-bond acceptors (Lipinski definition) is 6. The van der Waals surface area contributed by atoms with E-state index in [0.29, 0.717) is 16.7 Å². The normalized spacial score (nSPS) is 16.2. The van der Waals surface area contributed by atoms with Crippen LogP contribution in [0.25, 0.3) is 17.0 Å². The van der Waals surface area contributed by atoms with Crippen molar-refractivity contribution >= 4 is 51.7 Å². The highest BCUT2D eigenvalue weighted by molar-refractivity contribution is 6.53. The van der Waals surface area contributed by atoms with Gasteiger partial charge in [0.25, 0.3) is 5.91 Å². The number of anilines is 3. The fourth-order valence-corrected chi connectivity index (χ4v) is 4.97. The summed E-state index contributed by atoms with van der Waals surface area (Å²) in [6.07, 6.45) is 2.91. The third-order valence-corrected chi connectivity index (χ3v) is 6.83. The molecule has 188 valence electrons. The van der Waals surface area contributed by atoms with E-state index in [-0.39, 0.29) is 11.1 Å².